The summed E-state index contributed by atoms with van der Waals surface area (Å²) in [6.07, 6.45) is 1.10. The Labute approximate surface area is 153 Å². The van der Waals surface area contributed by atoms with Crippen molar-refractivity contribution in [2.45, 2.75) is 59.4 Å². The van der Waals surface area contributed by atoms with Gasteiger partial charge in [0.15, 0.2) is 5.96 Å². The molecule has 5 heteroatoms. The fourth-order valence-corrected chi connectivity index (χ4v) is 2.91. The molecule has 5 nitrogen and oxygen atoms in total. The molecule has 1 rings (SSSR count). The van der Waals surface area contributed by atoms with Crippen molar-refractivity contribution < 1.29 is 4.74 Å². The van der Waals surface area contributed by atoms with Crippen molar-refractivity contribution in [2.75, 3.05) is 27.2 Å². The van der Waals surface area contributed by atoms with Gasteiger partial charge in [0.2, 0.25) is 0 Å². The quantitative estimate of drug-likeness (QED) is 0.388. The zero-order valence-electron chi connectivity index (χ0n) is 16.8. The van der Waals surface area contributed by atoms with E-state index in [0.29, 0.717) is 18.7 Å². The number of aliphatic imine (C=N–C) groups is 1. The Morgan fingerprint density at radius 1 is 1.04 bits per heavy atom. The van der Waals surface area contributed by atoms with Gasteiger partial charge in [0, 0.05) is 45.9 Å². The normalized spacial score (nSPS) is 12.3. The van der Waals surface area contributed by atoms with E-state index < -0.39 is 0 Å². The van der Waals surface area contributed by atoms with E-state index in [-0.39, 0.29) is 0 Å². The highest BCUT2D eigenvalue weighted by molar-refractivity contribution is 5.79. The molecule has 0 unspecified atom stereocenters. The van der Waals surface area contributed by atoms with Crippen molar-refractivity contribution in [3.63, 3.8) is 0 Å². The van der Waals surface area contributed by atoms with E-state index in [2.05, 4.69) is 72.5 Å². The SMILES string of the molecule is CN=C(NCCCN(C(C)C)C(C)C)NCc1ccc(COC)cc1. The van der Waals surface area contributed by atoms with Crippen LogP contribution in [0.2, 0.25) is 0 Å². The molecule has 0 fully saturated rings. The third-order valence-electron chi connectivity index (χ3n) is 4.23. The predicted octanol–water partition coefficient (Wildman–Crippen LogP) is 3.01. The van der Waals surface area contributed by atoms with E-state index in [0.717, 1.165) is 32.0 Å². The van der Waals surface area contributed by atoms with Gasteiger partial charge in [-0.3, -0.25) is 9.89 Å². The van der Waals surface area contributed by atoms with E-state index in [9.17, 15) is 0 Å². The van der Waals surface area contributed by atoms with Crippen molar-refractivity contribution >= 4 is 5.96 Å². The number of rotatable bonds is 10. The zero-order valence-corrected chi connectivity index (χ0v) is 16.8. The molecule has 142 valence electrons. The summed E-state index contributed by atoms with van der Waals surface area (Å²) in [6, 6.07) is 9.61. The van der Waals surface area contributed by atoms with Crippen LogP contribution >= 0.6 is 0 Å². The van der Waals surface area contributed by atoms with Crippen LogP contribution in [0, 0.1) is 0 Å². The monoisotopic (exact) mass is 348 g/mol. The molecular formula is C20H36N4O. The van der Waals surface area contributed by atoms with Gasteiger partial charge in [0.1, 0.15) is 0 Å². The highest BCUT2D eigenvalue weighted by atomic mass is 16.5. The van der Waals surface area contributed by atoms with Crippen LogP contribution in [-0.4, -0.2) is 50.2 Å². The van der Waals surface area contributed by atoms with Gasteiger partial charge in [-0.15, -0.1) is 0 Å². The average molecular weight is 349 g/mol. The highest BCUT2D eigenvalue weighted by Gasteiger charge is 2.12. The molecule has 0 amide bonds. The van der Waals surface area contributed by atoms with E-state index in [1.165, 1.54) is 11.1 Å². The molecule has 25 heavy (non-hydrogen) atoms. The molecule has 0 aliphatic heterocycles. The molecule has 0 aliphatic carbocycles. The Bertz CT molecular complexity index is 489. The lowest BCUT2D eigenvalue weighted by molar-refractivity contribution is 0.173. The van der Waals surface area contributed by atoms with Crippen LogP contribution in [0.25, 0.3) is 0 Å². The number of benzene rings is 1. The van der Waals surface area contributed by atoms with Crippen molar-refractivity contribution in [3.05, 3.63) is 35.4 Å². The van der Waals surface area contributed by atoms with Gasteiger partial charge in [-0.2, -0.15) is 0 Å². The first kappa shape index (κ1) is 21.5. The maximum absolute atomic E-state index is 5.14. The molecule has 0 heterocycles. The standard InChI is InChI=1S/C20H36N4O/c1-16(2)24(17(3)4)13-7-12-22-20(21-5)23-14-18-8-10-19(11-9-18)15-25-6/h8-11,16-17H,7,12-15H2,1-6H3,(H2,21,22,23). The molecule has 0 aromatic heterocycles. The Hall–Kier alpha value is -1.59. The summed E-state index contributed by atoms with van der Waals surface area (Å²) in [5.74, 6) is 0.849. The maximum Gasteiger partial charge on any atom is 0.191 e. The summed E-state index contributed by atoms with van der Waals surface area (Å²) >= 11 is 0. The summed E-state index contributed by atoms with van der Waals surface area (Å²) in [5.41, 5.74) is 2.42. The molecule has 0 spiro atoms. The van der Waals surface area contributed by atoms with Crippen LogP contribution in [-0.2, 0) is 17.9 Å². The van der Waals surface area contributed by atoms with Gasteiger partial charge in [-0.25, -0.2) is 0 Å². The summed E-state index contributed by atoms with van der Waals surface area (Å²) in [4.78, 5) is 6.81. The highest BCUT2D eigenvalue weighted by Crippen LogP contribution is 2.06. The smallest absolute Gasteiger partial charge is 0.191 e. The Balaban J connectivity index is 2.32. The van der Waals surface area contributed by atoms with Crippen molar-refractivity contribution in [2.24, 2.45) is 4.99 Å². The summed E-state index contributed by atoms with van der Waals surface area (Å²) < 4.78 is 5.14. The van der Waals surface area contributed by atoms with Gasteiger partial charge >= 0.3 is 0 Å². The third kappa shape index (κ3) is 8.36. The van der Waals surface area contributed by atoms with Crippen LogP contribution in [0.5, 0.6) is 0 Å². The number of hydrogen-bond donors (Lipinski definition) is 2. The van der Waals surface area contributed by atoms with E-state index in [4.69, 9.17) is 4.74 Å². The summed E-state index contributed by atoms with van der Waals surface area (Å²) in [5, 5.41) is 6.76. The van der Waals surface area contributed by atoms with Crippen LogP contribution in [0.3, 0.4) is 0 Å². The first-order chi connectivity index (χ1) is 12.0. The fraction of sp³-hybridized carbons (Fsp3) is 0.650. The van der Waals surface area contributed by atoms with Crippen LogP contribution in [0.4, 0.5) is 0 Å². The van der Waals surface area contributed by atoms with Gasteiger partial charge in [-0.05, 0) is 45.2 Å². The number of ether oxygens (including phenoxy) is 1. The minimum atomic E-state index is 0.582. The van der Waals surface area contributed by atoms with Gasteiger partial charge < -0.3 is 15.4 Å². The average Bonchev–Trinajstić information content (AvgIpc) is 2.58. The molecule has 0 saturated heterocycles. The maximum atomic E-state index is 5.14. The Morgan fingerprint density at radius 3 is 2.16 bits per heavy atom. The topological polar surface area (TPSA) is 48.9 Å². The van der Waals surface area contributed by atoms with E-state index in [1.807, 2.05) is 7.05 Å². The minimum Gasteiger partial charge on any atom is -0.380 e. The molecule has 1 aromatic carbocycles. The fourth-order valence-electron chi connectivity index (χ4n) is 2.91. The van der Waals surface area contributed by atoms with Crippen LogP contribution < -0.4 is 10.6 Å². The number of guanidine groups is 1. The molecule has 1 aromatic rings. The first-order valence-corrected chi connectivity index (χ1v) is 9.25. The Morgan fingerprint density at radius 2 is 1.64 bits per heavy atom. The second-order valence-electron chi connectivity index (χ2n) is 6.88. The lowest BCUT2D eigenvalue weighted by atomic mass is 10.1. The predicted molar refractivity (Wildman–Crippen MR) is 107 cm³/mol. The van der Waals surface area contributed by atoms with Crippen molar-refractivity contribution in [3.8, 4) is 0 Å². The minimum absolute atomic E-state index is 0.582. The zero-order chi connectivity index (χ0) is 18.7. The van der Waals surface area contributed by atoms with Crippen molar-refractivity contribution in [1.29, 1.82) is 0 Å². The molecule has 0 atom stereocenters. The van der Waals surface area contributed by atoms with Gasteiger partial charge in [-0.1, -0.05) is 24.3 Å². The molecule has 0 bridgehead atoms. The summed E-state index contributed by atoms with van der Waals surface area (Å²) in [6.45, 7) is 12.5. The molecular weight excluding hydrogens is 312 g/mol. The number of methoxy groups -OCH3 is 1. The molecule has 0 radical (unpaired) electrons. The molecule has 2 N–H and O–H groups in total. The second kappa shape index (κ2) is 11.9. The number of nitrogens with one attached hydrogen (secondary N) is 2. The second-order valence-corrected chi connectivity index (χ2v) is 6.88. The lowest BCUT2D eigenvalue weighted by Gasteiger charge is -2.30. The van der Waals surface area contributed by atoms with E-state index >= 15 is 0 Å². The first-order valence-electron chi connectivity index (χ1n) is 9.25. The van der Waals surface area contributed by atoms with Crippen LogP contribution in [0.1, 0.15) is 45.2 Å². The third-order valence-corrected chi connectivity index (χ3v) is 4.23. The number of hydrogen-bond acceptors (Lipinski definition) is 3. The molecule has 0 aliphatic rings. The summed E-state index contributed by atoms with van der Waals surface area (Å²) in [7, 11) is 3.53. The Kier molecular flexibility index (Phi) is 10.2. The van der Waals surface area contributed by atoms with Crippen LogP contribution in [0.15, 0.2) is 29.3 Å². The molecule has 0 saturated carbocycles. The van der Waals surface area contributed by atoms with Gasteiger partial charge in [0.25, 0.3) is 0 Å². The lowest BCUT2D eigenvalue weighted by Crippen LogP contribution is -2.41. The van der Waals surface area contributed by atoms with Gasteiger partial charge in [0.05, 0.1) is 6.61 Å². The van der Waals surface area contributed by atoms with E-state index in [1.54, 1.807) is 7.11 Å². The number of nitrogens with zero attached hydrogens (tertiary/aromatic N) is 2. The largest absolute Gasteiger partial charge is 0.380 e. The van der Waals surface area contributed by atoms with Crippen molar-refractivity contribution in [1.82, 2.24) is 15.5 Å².